The molecule has 1 saturated heterocycles. The van der Waals surface area contributed by atoms with E-state index in [-0.39, 0.29) is 11.4 Å². The summed E-state index contributed by atoms with van der Waals surface area (Å²) in [6.07, 6.45) is 1.35. The van der Waals surface area contributed by atoms with Gasteiger partial charge in [0.1, 0.15) is 17.8 Å². The number of halogens is 1. The number of benzene rings is 1. The fourth-order valence-corrected chi connectivity index (χ4v) is 2.34. The Labute approximate surface area is 137 Å². The van der Waals surface area contributed by atoms with E-state index in [1.807, 2.05) is 4.90 Å². The van der Waals surface area contributed by atoms with Crippen LogP contribution in [-0.4, -0.2) is 42.2 Å². The van der Waals surface area contributed by atoms with Crippen molar-refractivity contribution in [3.05, 3.63) is 42.0 Å². The topological polar surface area (TPSA) is 105 Å². The molecule has 1 aromatic carbocycles. The highest BCUT2D eigenvalue weighted by atomic mass is 19.1. The number of morpholine rings is 1. The number of nitrogens with two attached hydrogens (primary N) is 1. The molecule has 24 heavy (non-hydrogen) atoms. The van der Waals surface area contributed by atoms with Crippen molar-refractivity contribution in [2.24, 2.45) is 0 Å². The number of carbonyl (C=O) groups is 1. The van der Waals surface area contributed by atoms with E-state index in [0.29, 0.717) is 37.8 Å². The lowest BCUT2D eigenvalue weighted by Crippen LogP contribution is -2.37. The first-order valence-electron chi connectivity index (χ1n) is 7.41. The Morgan fingerprint density at radius 1 is 1.25 bits per heavy atom. The highest BCUT2D eigenvalue weighted by Gasteiger charge is 2.18. The van der Waals surface area contributed by atoms with Crippen LogP contribution in [0.5, 0.6) is 0 Å². The number of nitrogen functional groups attached to an aromatic ring is 1. The summed E-state index contributed by atoms with van der Waals surface area (Å²) < 4.78 is 18.9. The van der Waals surface area contributed by atoms with Gasteiger partial charge in [0, 0.05) is 13.1 Å². The minimum absolute atomic E-state index is 0.0777. The van der Waals surface area contributed by atoms with Crippen molar-refractivity contribution < 1.29 is 13.9 Å². The SMILES string of the molecule is Nc1c(NNC(=O)c2ccccc2F)ncnc1N1CCOCC1. The van der Waals surface area contributed by atoms with Crippen molar-refractivity contribution in [2.45, 2.75) is 0 Å². The predicted molar refractivity (Wildman–Crippen MR) is 87.0 cm³/mol. The van der Waals surface area contributed by atoms with E-state index in [2.05, 4.69) is 20.8 Å². The van der Waals surface area contributed by atoms with Crippen LogP contribution in [0.3, 0.4) is 0 Å². The smallest absolute Gasteiger partial charge is 0.272 e. The fraction of sp³-hybridized carbons (Fsp3) is 0.267. The molecule has 0 atom stereocenters. The second-order valence-corrected chi connectivity index (χ2v) is 5.12. The first-order chi connectivity index (χ1) is 11.7. The Morgan fingerprint density at radius 2 is 2.00 bits per heavy atom. The molecule has 0 spiro atoms. The van der Waals surface area contributed by atoms with Crippen molar-refractivity contribution in [3.63, 3.8) is 0 Å². The Balaban J connectivity index is 1.71. The summed E-state index contributed by atoms with van der Waals surface area (Å²) in [6, 6.07) is 5.68. The Bertz CT molecular complexity index is 736. The number of hydrogen-bond donors (Lipinski definition) is 3. The van der Waals surface area contributed by atoms with Crippen LogP contribution in [0.25, 0.3) is 0 Å². The van der Waals surface area contributed by atoms with Gasteiger partial charge in [-0.15, -0.1) is 0 Å². The van der Waals surface area contributed by atoms with Gasteiger partial charge in [0.25, 0.3) is 5.91 Å². The van der Waals surface area contributed by atoms with E-state index < -0.39 is 11.7 Å². The van der Waals surface area contributed by atoms with Gasteiger partial charge in [0.15, 0.2) is 11.6 Å². The summed E-state index contributed by atoms with van der Waals surface area (Å²) in [5.74, 6) is -0.423. The zero-order valence-electron chi connectivity index (χ0n) is 12.8. The third-order valence-corrected chi connectivity index (χ3v) is 3.59. The second-order valence-electron chi connectivity index (χ2n) is 5.12. The normalized spacial score (nSPS) is 14.3. The molecular formula is C15H17FN6O2. The number of nitrogens with zero attached hydrogens (tertiary/aromatic N) is 3. The summed E-state index contributed by atoms with van der Waals surface area (Å²) in [5, 5.41) is 0. The number of amides is 1. The third-order valence-electron chi connectivity index (χ3n) is 3.59. The fourth-order valence-electron chi connectivity index (χ4n) is 2.34. The van der Waals surface area contributed by atoms with Crippen molar-refractivity contribution in [1.82, 2.24) is 15.4 Å². The van der Waals surface area contributed by atoms with E-state index in [0.717, 1.165) is 0 Å². The van der Waals surface area contributed by atoms with Crippen LogP contribution in [0.4, 0.5) is 21.7 Å². The van der Waals surface area contributed by atoms with E-state index in [4.69, 9.17) is 10.5 Å². The van der Waals surface area contributed by atoms with Gasteiger partial charge in [-0.3, -0.25) is 15.6 Å². The minimum atomic E-state index is -0.626. The lowest BCUT2D eigenvalue weighted by Gasteiger charge is -2.28. The van der Waals surface area contributed by atoms with Crippen LogP contribution in [0, 0.1) is 5.82 Å². The number of hydrazine groups is 1. The highest BCUT2D eigenvalue weighted by molar-refractivity contribution is 5.95. The molecule has 3 rings (SSSR count). The number of rotatable bonds is 4. The van der Waals surface area contributed by atoms with Crippen LogP contribution in [0.2, 0.25) is 0 Å². The van der Waals surface area contributed by atoms with Crippen LogP contribution < -0.4 is 21.5 Å². The summed E-state index contributed by atoms with van der Waals surface area (Å²) in [7, 11) is 0. The average Bonchev–Trinajstić information content (AvgIpc) is 2.62. The summed E-state index contributed by atoms with van der Waals surface area (Å²) >= 11 is 0. The van der Waals surface area contributed by atoms with Crippen molar-refractivity contribution >= 4 is 23.2 Å². The molecule has 2 aromatic rings. The molecule has 126 valence electrons. The van der Waals surface area contributed by atoms with E-state index in [1.165, 1.54) is 24.5 Å². The first kappa shape index (κ1) is 15.9. The maximum Gasteiger partial charge on any atom is 0.272 e. The minimum Gasteiger partial charge on any atom is -0.393 e. The van der Waals surface area contributed by atoms with Crippen molar-refractivity contribution in [1.29, 1.82) is 0 Å². The van der Waals surface area contributed by atoms with Gasteiger partial charge in [-0.1, -0.05) is 12.1 Å². The molecule has 1 fully saturated rings. The summed E-state index contributed by atoms with van der Waals surface area (Å²) in [5.41, 5.74) is 11.3. The van der Waals surface area contributed by atoms with Gasteiger partial charge in [-0.05, 0) is 12.1 Å². The van der Waals surface area contributed by atoms with Crippen molar-refractivity contribution in [2.75, 3.05) is 42.4 Å². The predicted octanol–water partition coefficient (Wildman–Crippen LogP) is 0.791. The quantitative estimate of drug-likeness (QED) is 0.711. The molecule has 0 saturated carbocycles. The zero-order chi connectivity index (χ0) is 16.9. The van der Waals surface area contributed by atoms with Crippen LogP contribution in [-0.2, 0) is 4.74 Å². The maximum absolute atomic E-state index is 13.6. The Hall–Kier alpha value is -2.94. The number of anilines is 3. The Morgan fingerprint density at radius 3 is 2.75 bits per heavy atom. The first-order valence-corrected chi connectivity index (χ1v) is 7.41. The molecule has 1 amide bonds. The molecule has 2 heterocycles. The highest BCUT2D eigenvalue weighted by Crippen LogP contribution is 2.26. The number of aromatic nitrogens is 2. The zero-order valence-corrected chi connectivity index (χ0v) is 12.8. The lowest BCUT2D eigenvalue weighted by atomic mass is 10.2. The molecular weight excluding hydrogens is 315 g/mol. The van der Waals surface area contributed by atoms with E-state index in [9.17, 15) is 9.18 Å². The average molecular weight is 332 g/mol. The molecule has 0 radical (unpaired) electrons. The molecule has 4 N–H and O–H groups in total. The van der Waals surface area contributed by atoms with Gasteiger partial charge in [0.2, 0.25) is 0 Å². The van der Waals surface area contributed by atoms with Crippen LogP contribution >= 0.6 is 0 Å². The van der Waals surface area contributed by atoms with E-state index >= 15 is 0 Å². The molecule has 1 aromatic heterocycles. The molecule has 0 unspecified atom stereocenters. The molecule has 9 heteroatoms. The van der Waals surface area contributed by atoms with Crippen LogP contribution in [0.15, 0.2) is 30.6 Å². The number of nitrogens with one attached hydrogen (secondary N) is 2. The summed E-state index contributed by atoms with van der Waals surface area (Å²) in [6.45, 7) is 2.52. The third kappa shape index (κ3) is 3.35. The lowest BCUT2D eigenvalue weighted by molar-refractivity contribution is 0.0958. The van der Waals surface area contributed by atoms with Gasteiger partial charge in [0.05, 0.1) is 18.8 Å². The number of hydrogen-bond acceptors (Lipinski definition) is 7. The van der Waals surface area contributed by atoms with Crippen molar-refractivity contribution in [3.8, 4) is 0 Å². The Kier molecular flexibility index (Phi) is 4.71. The summed E-state index contributed by atoms with van der Waals surface area (Å²) in [4.78, 5) is 22.2. The molecule has 0 aliphatic carbocycles. The molecule has 1 aliphatic rings. The monoisotopic (exact) mass is 332 g/mol. The molecule has 0 bridgehead atoms. The molecule has 8 nitrogen and oxygen atoms in total. The largest absolute Gasteiger partial charge is 0.393 e. The number of carbonyl (C=O) groups excluding carboxylic acids is 1. The van der Waals surface area contributed by atoms with E-state index in [1.54, 1.807) is 6.07 Å². The maximum atomic E-state index is 13.6. The van der Waals surface area contributed by atoms with Gasteiger partial charge >= 0.3 is 0 Å². The molecule has 1 aliphatic heterocycles. The second kappa shape index (κ2) is 7.09. The van der Waals surface area contributed by atoms with Gasteiger partial charge in [-0.2, -0.15) is 0 Å². The number of ether oxygens (including phenoxy) is 1. The van der Waals surface area contributed by atoms with Crippen LogP contribution in [0.1, 0.15) is 10.4 Å². The van der Waals surface area contributed by atoms with Gasteiger partial charge < -0.3 is 15.4 Å². The van der Waals surface area contributed by atoms with Gasteiger partial charge in [-0.25, -0.2) is 14.4 Å². The standard InChI is InChI=1S/C15H17FN6O2/c16-11-4-2-1-3-10(11)15(23)21-20-13-12(17)14(19-9-18-13)22-5-7-24-8-6-22/h1-4,9H,5-8,17H2,(H,21,23)(H,18,19,20).